The molecule has 0 aliphatic rings. The van der Waals surface area contributed by atoms with Crippen LogP contribution in [0.1, 0.15) is 21.6 Å². The molecular weight excluding hydrogens is 264 g/mol. The van der Waals surface area contributed by atoms with Crippen LogP contribution < -0.4 is 5.32 Å². The van der Waals surface area contributed by atoms with Gasteiger partial charge >= 0.3 is 0 Å². The number of para-hydroxylation sites is 1. The average molecular weight is 276 g/mol. The van der Waals surface area contributed by atoms with Crippen LogP contribution in [0.2, 0.25) is 0 Å². The van der Waals surface area contributed by atoms with Gasteiger partial charge in [-0.2, -0.15) is 10.4 Å². The number of benzene rings is 2. The summed E-state index contributed by atoms with van der Waals surface area (Å²) in [6, 6.07) is 14.7. The summed E-state index contributed by atoms with van der Waals surface area (Å²) in [6.45, 7) is 1.87. The van der Waals surface area contributed by atoms with Crippen LogP contribution in [0.15, 0.2) is 42.5 Å². The number of aromatic nitrogens is 2. The molecule has 21 heavy (non-hydrogen) atoms. The van der Waals surface area contributed by atoms with E-state index in [2.05, 4.69) is 21.6 Å². The summed E-state index contributed by atoms with van der Waals surface area (Å²) in [5, 5.41) is 19.4. The predicted octanol–water partition coefficient (Wildman–Crippen LogP) is 3.00. The van der Waals surface area contributed by atoms with Gasteiger partial charge in [0.25, 0.3) is 5.91 Å². The zero-order valence-corrected chi connectivity index (χ0v) is 11.3. The van der Waals surface area contributed by atoms with Gasteiger partial charge in [-0.15, -0.1) is 0 Å². The van der Waals surface area contributed by atoms with E-state index in [0.717, 1.165) is 16.5 Å². The molecule has 0 atom stereocenters. The van der Waals surface area contributed by atoms with Gasteiger partial charge in [-0.3, -0.25) is 9.89 Å². The van der Waals surface area contributed by atoms with Crippen molar-refractivity contribution in [1.29, 1.82) is 5.26 Å². The van der Waals surface area contributed by atoms with E-state index in [1.165, 1.54) is 0 Å². The van der Waals surface area contributed by atoms with Crippen molar-refractivity contribution in [3.8, 4) is 6.07 Å². The Hall–Kier alpha value is -3.13. The van der Waals surface area contributed by atoms with Crippen molar-refractivity contribution in [2.75, 3.05) is 5.32 Å². The Labute approximate surface area is 121 Å². The third-order valence-corrected chi connectivity index (χ3v) is 3.30. The number of H-pyrrole nitrogens is 1. The van der Waals surface area contributed by atoms with E-state index in [-0.39, 0.29) is 5.91 Å². The lowest BCUT2D eigenvalue weighted by Crippen LogP contribution is -2.13. The molecule has 5 heteroatoms. The highest BCUT2D eigenvalue weighted by molar-refractivity contribution is 6.11. The number of amides is 1. The second-order valence-electron chi connectivity index (χ2n) is 4.71. The second-order valence-corrected chi connectivity index (χ2v) is 4.71. The van der Waals surface area contributed by atoms with Crippen molar-refractivity contribution in [3.63, 3.8) is 0 Å². The van der Waals surface area contributed by atoms with E-state index in [1.807, 2.05) is 31.2 Å². The lowest BCUT2D eigenvalue weighted by Gasteiger charge is -2.07. The first-order valence-corrected chi connectivity index (χ1v) is 6.44. The minimum absolute atomic E-state index is 0.300. The van der Waals surface area contributed by atoms with Crippen molar-refractivity contribution in [3.05, 3.63) is 59.3 Å². The number of anilines is 1. The lowest BCUT2D eigenvalue weighted by atomic mass is 10.1. The maximum absolute atomic E-state index is 12.4. The molecule has 1 heterocycles. The number of carbonyl (C=O) groups is 1. The Balaban J connectivity index is 1.95. The van der Waals surface area contributed by atoms with Crippen LogP contribution in [-0.4, -0.2) is 16.1 Å². The maximum Gasteiger partial charge on any atom is 0.276 e. The molecule has 0 saturated heterocycles. The van der Waals surface area contributed by atoms with Crippen LogP contribution in [0, 0.1) is 18.3 Å². The Morgan fingerprint density at radius 1 is 1.29 bits per heavy atom. The van der Waals surface area contributed by atoms with Gasteiger partial charge in [-0.05, 0) is 30.7 Å². The summed E-state index contributed by atoms with van der Waals surface area (Å²) in [6.07, 6.45) is 0. The predicted molar refractivity (Wildman–Crippen MR) is 79.9 cm³/mol. The topological polar surface area (TPSA) is 81.6 Å². The van der Waals surface area contributed by atoms with Crippen molar-refractivity contribution < 1.29 is 4.79 Å². The zero-order valence-electron chi connectivity index (χ0n) is 11.3. The lowest BCUT2D eigenvalue weighted by molar-refractivity contribution is 0.102. The molecule has 0 radical (unpaired) electrons. The molecule has 2 N–H and O–H groups in total. The summed E-state index contributed by atoms with van der Waals surface area (Å²) in [5.74, 6) is -0.300. The smallest absolute Gasteiger partial charge is 0.276 e. The van der Waals surface area contributed by atoms with Gasteiger partial charge in [0.1, 0.15) is 0 Å². The SMILES string of the molecule is Cc1ccc(C#N)cc1NC(=O)c1n[nH]c2ccccc12. The summed E-state index contributed by atoms with van der Waals surface area (Å²) in [5.41, 5.74) is 3.16. The fourth-order valence-electron chi connectivity index (χ4n) is 2.14. The second kappa shape index (κ2) is 5.10. The highest BCUT2D eigenvalue weighted by Crippen LogP contribution is 2.20. The quantitative estimate of drug-likeness (QED) is 0.754. The summed E-state index contributed by atoms with van der Waals surface area (Å²) in [7, 11) is 0. The molecule has 0 saturated carbocycles. The molecule has 0 aliphatic heterocycles. The molecule has 0 fully saturated rings. The number of carbonyl (C=O) groups excluding carboxylic acids is 1. The molecule has 102 valence electrons. The molecular formula is C16H12N4O. The monoisotopic (exact) mass is 276 g/mol. The minimum Gasteiger partial charge on any atom is -0.320 e. The Morgan fingerprint density at radius 3 is 2.90 bits per heavy atom. The van der Waals surface area contributed by atoms with Gasteiger partial charge in [0.15, 0.2) is 5.69 Å². The van der Waals surface area contributed by atoms with Crippen molar-refractivity contribution >= 4 is 22.5 Å². The van der Waals surface area contributed by atoms with Crippen LogP contribution in [0.3, 0.4) is 0 Å². The number of nitrogens with zero attached hydrogens (tertiary/aromatic N) is 2. The van der Waals surface area contributed by atoms with Gasteiger partial charge in [0, 0.05) is 11.1 Å². The molecule has 0 bridgehead atoms. The summed E-state index contributed by atoms with van der Waals surface area (Å²) >= 11 is 0. The van der Waals surface area contributed by atoms with Crippen LogP contribution in [0.25, 0.3) is 10.9 Å². The Bertz CT molecular complexity index is 873. The molecule has 0 aliphatic carbocycles. The highest BCUT2D eigenvalue weighted by Gasteiger charge is 2.14. The molecule has 2 aromatic carbocycles. The van der Waals surface area contributed by atoms with E-state index in [0.29, 0.717) is 16.9 Å². The van der Waals surface area contributed by atoms with Crippen LogP contribution in [-0.2, 0) is 0 Å². The molecule has 3 rings (SSSR count). The van der Waals surface area contributed by atoms with E-state index < -0.39 is 0 Å². The minimum atomic E-state index is -0.300. The largest absolute Gasteiger partial charge is 0.320 e. The number of aromatic amines is 1. The van der Waals surface area contributed by atoms with Crippen molar-refractivity contribution in [1.82, 2.24) is 10.2 Å². The standard InChI is InChI=1S/C16H12N4O/c1-10-6-7-11(9-17)8-14(10)18-16(21)15-12-4-2-3-5-13(12)19-20-15/h2-8H,1H3,(H,18,21)(H,19,20). The molecule has 1 amide bonds. The Morgan fingerprint density at radius 2 is 2.10 bits per heavy atom. The summed E-state index contributed by atoms with van der Waals surface area (Å²) in [4.78, 5) is 12.4. The first kappa shape index (κ1) is 12.9. The van der Waals surface area contributed by atoms with Crippen LogP contribution in [0.4, 0.5) is 5.69 Å². The number of fused-ring (bicyclic) bond motifs is 1. The number of rotatable bonds is 2. The van der Waals surface area contributed by atoms with Crippen molar-refractivity contribution in [2.45, 2.75) is 6.92 Å². The normalized spacial score (nSPS) is 10.3. The fourth-order valence-corrected chi connectivity index (χ4v) is 2.14. The number of nitrogens with one attached hydrogen (secondary N) is 2. The Kier molecular flexibility index (Phi) is 3.13. The highest BCUT2D eigenvalue weighted by atomic mass is 16.1. The summed E-state index contributed by atoms with van der Waals surface area (Å²) < 4.78 is 0. The molecule has 0 unspecified atom stereocenters. The van der Waals surface area contributed by atoms with Gasteiger partial charge in [-0.25, -0.2) is 0 Å². The first-order chi connectivity index (χ1) is 10.2. The maximum atomic E-state index is 12.4. The molecule has 3 aromatic rings. The third-order valence-electron chi connectivity index (χ3n) is 3.30. The third kappa shape index (κ3) is 2.35. The van der Waals surface area contributed by atoms with Gasteiger partial charge in [-0.1, -0.05) is 24.3 Å². The van der Waals surface area contributed by atoms with Gasteiger partial charge in [0.2, 0.25) is 0 Å². The van der Waals surface area contributed by atoms with Gasteiger partial charge in [0.05, 0.1) is 17.1 Å². The first-order valence-electron chi connectivity index (χ1n) is 6.44. The number of hydrogen-bond acceptors (Lipinski definition) is 3. The van der Waals surface area contributed by atoms with Crippen LogP contribution >= 0.6 is 0 Å². The van der Waals surface area contributed by atoms with E-state index in [4.69, 9.17) is 5.26 Å². The zero-order chi connectivity index (χ0) is 14.8. The average Bonchev–Trinajstić information content (AvgIpc) is 2.93. The van der Waals surface area contributed by atoms with E-state index in [1.54, 1.807) is 18.2 Å². The van der Waals surface area contributed by atoms with Crippen LogP contribution in [0.5, 0.6) is 0 Å². The molecule has 0 spiro atoms. The van der Waals surface area contributed by atoms with E-state index in [9.17, 15) is 4.79 Å². The molecule has 1 aromatic heterocycles. The fraction of sp³-hybridized carbons (Fsp3) is 0.0625. The number of hydrogen-bond donors (Lipinski definition) is 2. The van der Waals surface area contributed by atoms with Gasteiger partial charge < -0.3 is 5.32 Å². The van der Waals surface area contributed by atoms with E-state index >= 15 is 0 Å². The molecule has 5 nitrogen and oxygen atoms in total. The van der Waals surface area contributed by atoms with Crippen molar-refractivity contribution in [2.24, 2.45) is 0 Å². The number of aryl methyl sites for hydroxylation is 1. The number of nitriles is 1.